The van der Waals surface area contributed by atoms with Crippen LogP contribution in [-0.4, -0.2) is 23.5 Å². The summed E-state index contributed by atoms with van der Waals surface area (Å²) in [4.78, 5) is 22.4. The van der Waals surface area contributed by atoms with Gasteiger partial charge in [0.15, 0.2) is 0 Å². The van der Waals surface area contributed by atoms with Gasteiger partial charge in [0.05, 0.1) is 0 Å². The number of hydrogen-bond acceptors (Lipinski definition) is 2. The van der Waals surface area contributed by atoms with E-state index in [9.17, 15) is 9.59 Å². The van der Waals surface area contributed by atoms with E-state index in [2.05, 4.69) is 33.0 Å². The van der Waals surface area contributed by atoms with E-state index < -0.39 is 5.97 Å². The number of carbonyl (C=O) groups is 2. The fourth-order valence-electron chi connectivity index (χ4n) is 0.975. The molecule has 0 rings (SSSR count). The molecule has 0 atom stereocenters. The molecule has 2 N–H and O–H groups in total. The van der Waals surface area contributed by atoms with Crippen molar-refractivity contribution in [1.29, 1.82) is 0 Å². The predicted molar refractivity (Wildman–Crippen MR) is 67.6 cm³/mol. The van der Waals surface area contributed by atoms with Gasteiger partial charge in [0.2, 0.25) is 5.91 Å². The van der Waals surface area contributed by atoms with Gasteiger partial charge in [0.1, 0.15) is 0 Å². The van der Waals surface area contributed by atoms with Crippen molar-refractivity contribution in [3.63, 3.8) is 0 Å². The van der Waals surface area contributed by atoms with Gasteiger partial charge in [-0.3, -0.25) is 4.79 Å². The fraction of sp³-hybridized carbons (Fsp3) is 0.692. The summed E-state index contributed by atoms with van der Waals surface area (Å²) in [5.74, 6) is -0.924. The molecule has 0 unspecified atom stereocenters. The summed E-state index contributed by atoms with van der Waals surface area (Å²) in [5.41, 5.74) is 0.342. The number of nitrogens with one attached hydrogen (secondary N) is 1. The van der Waals surface area contributed by atoms with E-state index in [0.717, 1.165) is 0 Å². The maximum Gasteiger partial charge on any atom is 0.331 e. The Bertz CT molecular complexity index is 341. The van der Waals surface area contributed by atoms with E-state index in [1.807, 2.05) is 0 Å². The molecule has 0 aliphatic rings. The maximum absolute atomic E-state index is 11.7. The van der Waals surface area contributed by atoms with Crippen LogP contribution in [0.25, 0.3) is 0 Å². The Balaban J connectivity index is 4.59. The van der Waals surface area contributed by atoms with Crippen LogP contribution in [0.15, 0.2) is 11.1 Å². The molecule has 4 nitrogen and oxygen atoms in total. The highest BCUT2D eigenvalue weighted by molar-refractivity contribution is 6.01. The normalized spacial score (nSPS) is 13.4. The number of carboxylic acid groups (broad SMARTS) is 1. The molecule has 0 aromatic rings. The van der Waals surface area contributed by atoms with Crippen molar-refractivity contribution in [2.45, 2.75) is 41.5 Å². The number of aliphatic carboxylic acids is 1. The van der Waals surface area contributed by atoms with Crippen molar-refractivity contribution < 1.29 is 14.7 Å². The Morgan fingerprint density at radius 2 is 1.65 bits per heavy atom. The van der Waals surface area contributed by atoms with Gasteiger partial charge in [-0.1, -0.05) is 27.7 Å². The molecule has 0 aromatic carbocycles. The average molecular weight is 241 g/mol. The fourth-order valence-corrected chi connectivity index (χ4v) is 0.975. The van der Waals surface area contributed by atoms with Crippen LogP contribution in [0.2, 0.25) is 0 Å². The second kappa shape index (κ2) is 5.84. The van der Waals surface area contributed by atoms with Gasteiger partial charge in [-0.2, -0.15) is 0 Å². The predicted octanol–water partition coefficient (Wildman–Crippen LogP) is 2.21. The molecule has 98 valence electrons. The average Bonchev–Trinajstić information content (AvgIpc) is 2.23. The van der Waals surface area contributed by atoms with Gasteiger partial charge < -0.3 is 10.4 Å². The second-order valence-corrected chi connectivity index (χ2v) is 5.38. The molecule has 17 heavy (non-hydrogen) atoms. The van der Waals surface area contributed by atoms with Gasteiger partial charge in [0, 0.05) is 17.7 Å². The minimum atomic E-state index is -1.05. The number of rotatable bonds is 5. The van der Waals surface area contributed by atoms with Crippen LogP contribution in [0.5, 0.6) is 0 Å². The van der Waals surface area contributed by atoms with Crippen LogP contribution in [0, 0.1) is 11.3 Å². The molecule has 0 radical (unpaired) electrons. The van der Waals surface area contributed by atoms with Crippen LogP contribution in [0.1, 0.15) is 41.5 Å². The standard InChI is InChI=1S/C13H23NO3/c1-8(2)13(5,6)7-14-11(15)9(3)10(4)12(16)17/h8H,7H2,1-6H3,(H,14,15)(H,16,17). The van der Waals surface area contributed by atoms with E-state index in [0.29, 0.717) is 12.5 Å². The number of hydrogen-bond donors (Lipinski definition) is 2. The molecule has 0 heterocycles. The zero-order valence-corrected chi connectivity index (χ0v) is 11.5. The smallest absolute Gasteiger partial charge is 0.331 e. The van der Waals surface area contributed by atoms with Gasteiger partial charge in [0.25, 0.3) is 0 Å². The molecular formula is C13H23NO3. The number of amides is 1. The Kier molecular flexibility index (Phi) is 5.39. The monoisotopic (exact) mass is 241 g/mol. The van der Waals surface area contributed by atoms with Crippen LogP contribution in [0.3, 0.4) is 0 Å². The first-order valence-electron chi connectivity index (χ1n) is 5.78. The molecule has 0 bridgehead atoms. The summed E-state index contributed by atoms with van der Waals surface area (Å²) in [5, 5.41) is 11.6. The van der Waals surface area contributed by atoms with E-state index in [1.54, 1.807) is 0 Å². The van der Waals surface area contributed by atoms with Crippen molar-refractivity contribution in [3.8, 4) is 0 Å². The van der Waals surface area contributed by atoms with Crippen molar-refractivity contribution in [1.82, 2.24) is 5.32 Å². The first kappa shape index (κ1) is 15.7. The molecule has 0 aromatic heterocycles. The minimum Gasteiger partial charge on any atom is -0.478 e. The Morgan fingerprint density at radius 1 is 1.18 bits per heavy atom. The maximum atomic E-state index is 11.7. The van der Waals surface area contributed by atoms with Gasteiger partial charge in [-0.15, -0.1) is 0 Å². The lowest BCUT2D eigenvalue weighted by molar-refractivity contribution is -0.133. The van der Waals surface area contributed by atoms with E-state index in [-0.39, 0.29) is 22.5 Å². The largest absolute Gasteiger partial charge is 0.478 e. The Hall–Kier alpha value is -1.32. The van der Waals surface area contributed by atoms with E-state index in [1.165, 1.54) is 13.8 Å². The minimum absolute atomic E-state index is 0.00688. The first-order chi connectivity index (χ1) is 7.59. The molecule has 0 fully saturated rings. The summed E-state index contributed by atoms with van der Waals surface area (Å²) in [7, 11) is 0. The molecule has 1 amide bonds. The molecule has 0 saturated heterocycles. The highest BCUT2D eigenvalue weighted by atomic mass is 16.4. The zero-order valence-electron chi connectivity index (χ0n) is 11.5. The summed E-state index contributed by atoms with van der Waals surface area (Å²) in [6.07, 6.45) is 0. The van der Waals surface area contributed by atoms with E-state index in [4.69, 9.17) is 5.11 Å². The molecule has 4 heteroatoms. The lowest BCUT2D eigenvalue weighted by atomic mass is 9.81. The van der Waals surface area contributed by atoms with Gasteiger partial charge in [-0.05, 0) is 25.2 Å². The van der Waals surface area contributed by atoms with Gasteiger partial charge in [-0.25, -0.2) is 4.79 Å². The summed E-state index contributed by atoms with van der Waals surface area (Å²) in [6.45, 7) is 11.8. The highest BCUT2D eigenvalue weighted by Crippen LogP contribution is 2.24. The lowest BCUT2D eigenvalue weighted by Gasteiger charge is -2.29. The van der Waals surface area contributed by atoms with Crippen molar-refractivity contribution >= 4 is 11.9 Å². The van der Waals surface area contributed by atoms with Crippen molar-refractivity contribution in [2.24, 2.45) is 11.3 Å². The summed E-state index contributed by atoms with van der Waals surface area (Å²) in [6, 6.07) is 0. The van der Waals surface area contributed by atoms with Crippen LogP contribution in [-0.2, 0) is 9.59 Å². The van der Waals surface area contributed by atoms with Crippen LogP contribution < -0.4 is 5.32 Å². The van der Waals surface area contributed by atoms with Crippen molar-refractivity contribution in [2.75, 3.05) is 6.54 Å². The molecular weight excluding hydrogens is 218 g/mol. The van der Waals surface area contributed by atoms with Crippen LogP contribution in [0.4, 0.5) is 0 Å². The topological polar surface area (TPSA) is 66.4 Å². The SMILES string of the molecule is CC(C(=O)O)=C(C)C(=O)NCC(C)(C)C(C)C. The van der Waals surface area contributed by atoms with E-state index >= 15 is 0 Å². The molecule has 0 aliphatic carbocycles. The molecule has 0 saturated carbocycles. The van der Waals surface area contributed by atoms with Crippen LogP contribution >= 0.6 is 0 Å². The molecule has 0 aliphatic heterocycles. The number of carbonyl (C=O) groups excluding carboxylic acids is 1. The zero-order chi connectivity index (χ0) is 13.8. The second-order valence-electron chi connectivity index (χ2n) is 5.38. The summed E-state index contributed by atoms with van der Waals surface area (Å²) >= 11 is 0. The first-order valence-corrected chi connectivity index (χ1v) is 5.78. The molecule has 0 spiro atoms. The Labute approximate surface area is 103 Å². The summed E-state index contributed by atoms with van der Waals surface area (Å²) < 4.78 is 0. The third kappa shape index (κ3) is 4.59. The number of carboxylic acids is 1. The van der Waals surface area contributed by atoms with Crippen molar-refractivity contribution in [3.05, 3.63) is 11.1 Å². The third-order valence-electron chi connectivity index (χ3n) is 3.49. The lowest BCUT2D eigenvalue weighted by Crippen LogP contribution is -2.37. The van der Waals surface area contributed by atoms with Gasteiger partial charge >= 0.3 is 5.97 Å². The highest BCUT2D eigenvalue weighted by Gasteiger charge is 2.23. The quantitative estimate of drug-likeness (QED) is 0.725. The third-order valence-corrected chi connectivity index (χ3v) is 3.49. The Morgan fingerprint density at radius 3 is 2.00 bits per heavy atom.